The van der Waals surface area contributed by atoms with Gasteiger partial charge in [-0.3, -0.25) is 0 Å². The molecule has 1 aliphatic rings. The molecule has 1 saturated carbocycles. The van der Waals surface area contributed by atoms with Crippen LogP contribution in [0.2, 0.25) is 0 Å². The van der Waals surface area contributed by atoms with Crippen molar-refractivity contribution < 1.29 is 14.6 Å². The van der Waals surface area contributed by atoms with Gasteiger partial charge >= 0.3 is 0 Å². The highest BCUT2D eigenvalue weighted by atomic mass is 19.1. The number of hydrogen-bond donors (Lipinski definition) is 3. The molecule has 0 unspecified atom stereocenters. The van der Waals surface area contributed by atoms with Gasteiger partial charge in [0.1, 0.15) is 23.6 Å². The molecule has 0 radical (unpaired) electrons. The van der Waals surface area contributed by atoms with Crippen LogP contribution >= 0.6 is 0 Å². The molecule has 2 atom stereocenters. The summed E-state index contributed by atoms with van der Waals surface area (Å²) in [5.41, 5.74) is 4.87. The van der Waals surface area contributed by atoms with Crippen molar-refractivity contribution >= 4 is 17.0 Å². The average molecular weight is 267 g/mol. The first-order valence-corrected chi connectivity index (χ1v) is 6.01. The first-order valence-electron chi connectivity index (χ1n) is 6.01. The van der Waals surface area contributed by atoms with Crippen molar-refractivity contribution in [3.05, 3.63) is 12.7 Å². The van der Waals surface area contributed by atoms with E-state index in [1.165, 1.54) is 17.2 Å². The maximum Gasteiger partial charge on any atom is 0.178 e. The summed E-state index contributed by atoms with van der Waals surface area (Å²) < 4.78 is 15.6. The fraction of sp³-hybridized carbons (Fsp3) is 0.545. The summed E-state index contributed by atoms with van der Waals surface area (Å²) in [7, 11) is 0. The molecule has 1 fully saturated rings. The van der Waals surface area contributed by atoms with E-state index in [0.29, 0.717) is 24.0 Å². The molecular weight excluding hydrogens is 253 g/mol. The van der Waals surface area contributed by atoms with Crippen molar-refractivity contribution in [1.82, 2.24) is 19.5 Å². The fourth-order valence-electron chi connectivity index (χ4n) is 2.82. The van der Waals surface area contributed by atoms with E-state index in [2.05, 4.69) is 15.0 Å². The second-order valence-electron chi connectivity index (χ2n) is 4.77. The zero-order chi connectivity index (χ0) is 13.6. The van der Waals surface area contributed by atoms with Crippen molar-refractivity contribution in [2.45, 2.75) is 37.3 Å². The van der Waals surface area contributed by atoms with Crippen molar-refractivity contribution in [2.24, 2.45) is 0 Å². The predicted octanol–water partition coefficient (Wildman–Crippen LogP) is -0.0635. The number of nitrogens with zero attached hydrogens (tertiary/aromatic N) is 4. The van der Waals surface area contributed by atoms with Crippen molar-refractivity contribution in [3.8, 4) is 0 Å². The van der Waals surface area contributed by atoms with Crippen LogP contribution < -0.4 is 5.73 Å². The van der Waals surface area contributed by atoms with Crippen molar-refractivity contribution in [3.63, 3.8) is 0 Å². The van der Waals surface area contributed by atoms with Crippen LogP contribution in [0.3, 0.4) is 0 Å². The number of hydrogen-bond acceptors (Lipinski definition) is 6. The number of rotatable bonds is 2. The highest BCUT2D eigenvalue weighted by molar-refractivity contribution is 5.81. The number of aliphatic hydroxyl groups excluding tert-OH is 1. The van der Waals surface area contributed by atoms with E-state index in [0.717, 1.165) is 0 Å². The molecule has 0 amide bonds. The van der Waals surface area contributed by atoms with Gasteiger partial charge in [0, 0.05) is 0 Å². The lowest BCUT2D eigenvalue weighted by Gasteiger charge is -2.34. The van der Waals surface area contributed by atoms with Gasteiger partial charge in [0.05, 0.1) is 6.33 Å². The minimum absolute atomic E-state index is 0.180. The molecule has 0 aromatic carbocycles. The number of imidazole rings is 1. The van der Waals surface area contributed by atoms with Crippen molar-refractivity contribution in [1.29, 1.82) is 0 Å². The van der Waals surface area contributed by atoms with E-state index in [9.17, 15) is 14.6 Å². The number of anilines is 1. The summed E-state index contributed by atoms with van der Waals surface area (Å²) in [6.07, 6.45) is 0.528. The van der Waals surface area contributed by atoms with E-state index in [1.807, 2.05) is 0 Å². The van der Waals surface area contributed by atoms with Gasteiger partial charge in [-0.25, -0.2) is 19.3 Å². The zero-order valence-electron chi connectivity index (χ0n) is 10.1. The molecule has 19 heavy (non-hydrogen) atoms. The SMILES string of the molecule is Nc1ncnc2c1ncn2[C@@]1(C(O)O)CCC[C@@H]1F. The van der Waals surface area contributed by atoms with Crippen LogP contribution in [0.1, 0.15) is 19.3 Å². The van der Waals surface area contributed by atoms with E-state index < -0.39 is 18.0 Å². The molecule has 7 nitrogen and oxygen atoms in total. The lowest BCUT2D eigenvalue weighted by atomic mass is 9.94. The Hall–Kier alpha value is -1.80. The van der Waals surface area contributed by atoms with Gasteiger partial charge < -0.3 is 20.5 Å². The van der Waals surface area contributed by atoms with E-state index in [1.54, 1.807) is 0 Å². The minimum atomic E-state index is -1.83. The highest BCUT2D eigenvalue weighted by Gasteiger charge is 2.51. The predicted molar refractivity (Wildman–Crippen MR) is 64.7 cm³/mol. The van der Waals surface area contributed by atoms with Gasteiger partial charge in [-0.15, -0.1) is 0 Å². The summed E-state index contributed by atoms with van der Waals surface area (Å²) in [6.45, 7) is 0. The summed E-state index contributed by atoms with van der Waals surface area (Å²) in [5.74, 6) is 0.180. The van der Waals surface area contributed by atoms with Crippen LogP contribution in [0.25, 0.3) is 11.2 Å². The Bertz CT molecular complexity index is 616. The molecule has 0 bridgehead atoms. The van der Waals surface area contributed by atoms with Crippen LogP contribution in [0.5, 0.6) is 0 Å². The molecule has 4 N–H and O–H groups in total. The number of alkyl halides is 1. The Kier molecular flexibility index (Phi) is 2.64. The van der Waals surface area contributed by atoms with Crippen LogP contribution in [0.4, 0.5) is 10.2 Å². The lowest BCUT2D eigenvalue weighted by Crippen LogP contribution is -2.49. The summed E-state index contributed by atoms with van der Waals surface area (Å²) in [6, 6.07) is 0. The second-order valence-corrected chi connectivity index (χ2v) is 4.77. The molecule has 2 aromatic rings. The zero-order valence-corrected chi connectivity index (χ0v) is 10.1. The smallest absolute Gasteiger partial charge is 0.178 e. The van der Waals surface area contributed by atoms with Gasteiger partial charge in [-0.1, -0.05) is 0 Å². The Morgan fingerprint density at radius 2 is 2.21 bits per heavy atom. The third kappa shape index (κ3) is 1.53. The molecule has 1 aliphatic carbocycles. The Morgan fingerprint density at radius 3 is 2.84 bits per heavy atom. The number of nitrogens with two attached hydrogens (primary N) is 1. The third-order valence-electron chi connectivity index (χ3n) is 3.83. The number of fused-ring (bicyclic) bond motifs is 1. The van der Waals surface area contributed by atoms with Gasteiger partial charge in [0.25, 0.3) is 0 Å². The first-order chi connectivity index (χ1) is 9.07. The number of nitrogen functional groups attached to an aromatic ring is 1. The van der Waals surface area contributed by atoms with Crippen LogP contribution in [-0.4, -0.2) is 42.2 Å². The molecule has 2 heterocycles. The van der Waals surface area contributed by atoms with Gasteiger partial charge in [0.15, 0.2) is 17.8 Å². The second kappa shape index (κ2) is 4.10. The normalized spacial score (nSPS) is 27.5. The highest BCUT2D eigenvalue weighted by Crippen LogP contribution is 2.42. The van der Waals surface area contributed by atoms with Gasteiger partial charge in [-0.2, -0.15) is 0 Å². The maximum atomic E-state index is 14.2. The topological polar surface area (TPSA) is 110 Å². The van der Waals surface area contributed by atoms with E-state index >= 15 is 0 Å². The number of halogens is 1. The molecule has 0 spiro atoms. The third-order valence-corrected chi connectivity index (χ3v) is 3.83. The molecule has 8 heteroatoms. The minimum Gasteiger partial charge on any atom is -0.382 e. The van der Waals surface area contributed by atoms with E-state index in [4.69, 9.17) is 5.73 Å². The number of aromatic nitrogens is 4. The molecule has 3 rings (SSSR count). The lowest BCUT2D eigenvalue weighted by molar-refractivity contribution is -0.143. The van der Waals surface area contributed by atoms with Crippen LogP contribution in [0.15, 0.2) is 12.7 Å². The Labute approximate surface area is 107 Å². The molecule has 2 aromatic heterocycles. The summed E-state index contributed by atoms with van der Waals surface area (Å²) in [5, 5.41) is 19.3. The maximum absolute atomic E-state index is 14.2. The van der Waals surface area contributed by atoms with Crippen LogP contribution in [-0.2, 0) is 5.54 Å². The number of aliphatic hydroxyl groups is 2. The Balaban J connectivity index is 2.25. The van der Waals surface area contributed by atoms with Crippen molar-refractivity contribution in [2.75, 3.05) is 5.73 Å². The van der Waals surface area contributed by atoms with Gasteiger partial charge in [0.2, 0.25) is 0 Å². The standard InChI is InChI=1S/C11H14FN5O2/c12-6-2-1-3-11(6,10(18)19)17-5-16-7-8(13)14-4-15-9(7)17/h4-6,10,18-19H,1-3H2,(H2,13,14,15)/t6-,11-/m0/s1. The van der Waals surface area contributed by atoms with Gasteiger partial charge in [-0.05, 0) is 19.3 Å². The van der Waals surface area contributed by atoms with Crippen LogP contribution in [0, 0.1) is 0 Å². The van der Waals surface area contributed by atoms with E-state index in [-0.39, 0.29) is 12.2 Å². The molecular formula is C11H14FN5O2. The Morgan fingerprint density at radius 1 is 1.42 bits per heavy atom. The average Bonchev–Trinajstić information content (AvgIpc) is 2.94. The summed E-state index contributed by atoms with van der Waals surface area (Å²) in [4.78, 5) is 11.9. The molecule has 0 aliphatic heterocycles. The quantitative estimate of drug-likeness (QED) is 0.657. The monoisotopic (exact) mass is 267 g/mol. The fourth-order valence-corrected chi connectivity index (χ4v) is 2.82. The molecule has 0 saturated heterocycles. The largest absolute Gasteiger partial charge is 0.382 e. The first kappa shape index (κ1) is 12.2. The molecule has 102 valence electrons. The summed E-state index contributed by atoms with van der Waals surface area (Å²) >= 11 is 0.